The van der Waals surface area contributed by atoms with Crippen molar-refractivity contribution in [2.45, 2.75) is 0 Å². The Kier molecular flexibility index (Phi) is 4.78. The molecule has 0 unspecified atom stereocenters. The van der Waals surface area contributed by atoms with Gasteiger partial charge in [-0.15, -0.1) is 0 Å². The largest absolute Gasteiger partial charge is 0.454 e. The van der Waals surface area contributed by atoms with Gasteiger partial charge < -0.3 is 4.42 Å². The van der Waals surface area contributed by atoms with E-state index in [1.54, 1.807) is 6.20 Å². The van der Waals surface area contributed by atoms with Gasteiger partial charge in [0.25, 0.3) is 0 Å². The lowest BCUT2D eigenvalue weighted by Gasteiger charge is -2.10. The van der Waals surface area contributed by atoms with Crippen molar-refractivity contribution in [2.75, 3.05) is 0 Å². The Hall–Kier alpha value is -4.50. The minimum absolute atomic E-state index is 0.775. The van der Waals surface area contributed by atoms with Gasteiger partial charge in [-0.25, -0.2) is 0 Å². The molecule has 3 nitrogen and oxygen atoms in total. The first kappa shape index (κ1) is 19.2. The Morgan fingerprint density at radius 2 is 1.30 bits per heavy atom. The van der Waals surface area contributed by atoms with Gasteiger partial charge in [0.2, 0.25) is 0 Å². The van der Waals surface area contributed by atoms with Crippen LogP contribution >= 0.6 is 0 Å². The average Bonchev–Trinajstić information content (AvgIpc) is 3.33. The van der Waals surface area contributed by atoms with E-state index >= 15 is 0 Å². The van der Waals surface area contributed by atoms with Gasteiger partial charge in [-0.05, 0) is 59.2 Å². The molecular weight excluding hydrogens is 404 g/mol. The molecule has 0 N–H and O–H groups in total. The fourth-order valence-corrected chi connectivity index (χ4v) is 4.19. The minimum atomic E-state index is 0.775. The number of benzene rings is 3. The van der Waals surface area contributed by atoms with Crippen LogP contribution in [0, 0.1) is 0 Å². The van der Waals surface area contributed by atoms with Crippen molar-refractivity contribution >= 4 is 11.0 Å². The number of hydrogen-bond donors (Lipinski definition) is 0. The van der Waals surface area contributed by atoms with Crippen LogP contribution in [0.5, 0.6) is 0 Å². The Labute approximate surface area is 192 Å². The van der Waals surface area contributed by atoms with E-state index in [0.717, 1.165) is 55.9 Å². The minimum Gasteiger partial charge on any atom is -0.454 e. The Morgan fingerprint density at radius 3 is 2.18 bits per heavy atom. The fraction of sp³-hybridized carbons (Fsp3) is 0. The molecule has 0 atom stereocenters. The van der Waals surface area contributed by atoms with Gasteiger partial charge in [-0.1, -0.05) is 66.7 Å². The summed E-state index contributed by atoms with van der Waals surface area (Å²) >= 11 is 0. The molecule has 0 fully saturated rings. The molecule has 3 aromatic carbocycles. The maximum atomic E-state index is 6.03. The molecule has 0 saturated heterocycles. The summed E-state index contributed by atoms with van der Waals surface area (Å²) in [5, 5.41) is 1.06. The number of fused-ring (bicyclic) bond motifs is 1. The molecule has 0 amide bonds. The Bertz CT molecular complexity index is 1550. The summed E-state index contributed by atoms with van der Waals surface area (Å²) in [6.07, 6.45) is 3.63. The smallest absolute Gasteiger partial charge is 0.153 e. The van der Waals surface area contributed by atoms with Crippen molar-refractivity contribution in [1.29, 1.82) is 0 Å². The fourth-order valence-electron chi connectivity index (χ4n) is 4.19. The quantitative estimate of drug-likeness (QED) is 0.289. The average molecular weight is 425 g/mol. The van der Waals surface area contributed by atoms with E-state index in [4.69, 9.17) is 9.40 Å². The zero-order valence-electron chi connectivity index (χ0n) is 17.8. The number of furan rings is 1. The van der Waals surface area contributed by atoms with Gasteiger partial charge in [-0.3, -0.25) is 9.97 Å². The van der Waals surface area contributed by atoms with Crippen LogP contribution in [0.4, 0.5) is 0 Å². The van der Waals surface area contributed by atoms with Crippen LogP contribution in [0.15, 0.2) is 126 Å². The maximum Gasteiger partial charge on any atom is 0.153 e. The van der Waals surface area contributed by atoms with Crippen molar-refractivity contribution in [2.24, 2.45) is 0 Å². The van der Waals surface area contributed by atoms with Gasteiger partial charge in [0, 0.05) is 28.9 Å². The second kappa shape index (κ2) is 8.21. The second-order valence-electron chi connectivity index (χ2n) is 7.92. The van der Waals surface area contributed by atoms with Crippen LogP contribution in [0.2, 0.25) is 0 Å². The molecule has 156 valence electrons. The highest BCUT2D eigenvalue weighted by molar-refractivity contribution is 5.88. The third-order valence-corrected chi connectivity index (χ3v) is 5.80. The van der Waals surface area contributed by atoms with E-state index in [1.807, 2.05) is 42.6 Å². The Morgan fingerprint density at radius 1 is 0.515 bits per heavy atom. The standard InChI is InChI=1S/C30H20N2O/c1-2-8-21(9-3-1)26-12-7-17-32-30(26)24-11-6-10-22(18-24)23-14-15-28-25(19-23)20-29(33-28)27-13-4-5-16-31-27/h1-20H. The molecule has 0 spiro atoms. The van der Waals surface area contributed by atoms with E-state index in [0.29, 0.717) is 0 Å². The monoisotopic (exact) mass is 424 g/mol. The van der Waals surface area contributed by atoms with Crippen molar-refractivity contribution in [1.82, 2.24) is 9.97 Å². The molecule has 6 rings (SSSR count). The van der Waals surface area contributed by atoms with Crippen molar-refractivity contribution in [3.8, 4) is 45.0 Å². The van der Waals surface area contributed by atoms with Gasteiger partial charge in [0.15, 0.2) is 5.76 Å². The predicted molar refractivity (Wildman–Crippen MR) is 134 cm³/mol. The third-order valence-electron chi connectivity index (χ3n) is 5.80. The maximum absolute atomic E-state index is 6.03. The van der Waals surface area contributed by atoms with Crippen molar-refractivity contribution in [3.63, 3.8) is 0 Å². The third kappa shape index (κ3) is 3.70. The topological polar surface area (TPSA) is 38.9 Å². The molecule has 0 bridgehead atoms. The second-order valence-corrected chi connectivity index (χ2v) is 7.92. The number of rotatable bonds is 4. The van der Waals surface area contributed by atoms with Crippen molar-refractivity contribution < 1.29 is 4.42 Å². The van der Waals surface area contributed by atoms with Crippen LogP contribution < -0.4 is 0 Å². The molecular formula is C30H20N2O. The highest BCUT2D eigenvalue weighted by atomic mass is 16.3. The highest BCUT2D eigenvalue weighted by Gasteiger charge is 2.11. The number of pyridine rings is 2. The molecule has 33 heavy (non-hydrogen) atoms. The molecule has 3 heteroatoms. The first-order valence-corrected chi connectivity index (χ1v) is 10.9. The molecule has 3 heterocycles. The summed E-state index contributed by atoms with van der Waals surface area (Å²) in [7, 11) is 0. The van der Waals surface area contributed by atoms with Gasteiger partial charge in [0.1, 0.15) is 11.3 Å². The zero-order valence-corrected chi connectivity index (χ0v) is 17.8. The first-order valence-electron chi connectivity index (χ1n) is 10.9. The number of hydrogen-bond acceptors (Lipinski definition) is 3. The lowest BCUT2D eigenvalue weighted by molar-refractivity contribution is 0.629. The summed E-state index contributed by atoms with van der Waals surface area (Å²) in [6, 6.07) is 37.2. The zero-order chi connectivity index (χ0) is 22.0. The number of nitrogens with zero attached hydrogens (tertiary/aromatic N) is 2. The van der Waals surface area contributed by atoms with E-state index in [9.17, 15) is 0 Å². The summed E-state index contributed by atoms with van der Waals surface area (Å²) in [5.74, 6) is 0.775. The molecule has 0 aliphatic carbocycles. The Balaban J connectivity index is 1.41. The van der Waals surface area contributed by atoms with E-state index in [2.05, 4.69) is 77.8 Å². The van der Waals surface area contributed by atoms with Crippen LogP contribution in [-0.4, -0.2) is 9.97 Å². The molecule has 6 aromatic rings. The first-order chi connectivity index (χ1) is 16.3. The van der Waals surface area contributed by atoms with Crippen molar-refractivity contribution in [3.05, 3.63) is 122 Å². The molecule has 0 saturated carbocycles. The SMILES string of the molecule is c1ccc(-c2cccnc2-c2cccc(-c3ccc4oc(-c5ccccn5)cc4c3)c2)cc1. The lowest BCUT2D eigenvalue weighted by Crippen LogP contribution is -1.89. The summed E-state index contributed by atoms with van der Waals surface area (Å²) in [5.41, 5.74) is 8.32. The van der Waals surface area contributed by atoms with Gasteiger partial charge in [-0.2, -0.15) is 0 Å². The summed E-state index contributed by atoms with van der Waals surface area (Å²) in [4.78, 5) is 9.13. The molecule has 0 aliphatic rings. The summed E-state index contributed by atoms with van der Waals surface area (Å²) < 4.78 is 6.03. The van der Waals surface area contributed by atoms with Crippen LogP contribution in [-0.2, 0) is 0 Å². The van der Waals surface area contributed by atoms with Crippen LogP contribution in [0.1, 0.15) is 0 Å². The molecule has 0 aliphatic heterocycles. The normalized spacial score (nSPS) is 11.0. The molecule has 3 aromatic heterocycles. The van der Waals surface area contributed by atoms with Gasteiger partial charge >= 0.3 is 0 Å². The van der Waals surface area contributed by atoms with Crippen LogP contribution in [0.25, 0.3) is 55.9 Å². The van der Waals surface area contributed by atoms with E-state index < -0.39 is 0 Å². The lowest BCUT2D eigenvalue weighted by atomic mass is 9.96. The molecule has 0 radical (unpaired) electrons. The van der Waals surface area contributed by atoms with Gasteiger partial charge in [0.05, 0.1) is 5.69 Å². The van der Waals surface area contributed by atoms with E-state index in [1.165, 1.54) is 0 Å². The highest BCUT2D eigenvalue weighted by Crippen LogP contribution is 2.34. The van der Waals surface area contributed by atoms with E-state index in [-0.39, 0.29) is 0 Å². The predicted octanol–water partition coefficient (Wildman–Crippen LogP) is 7.89. The number of aromatic nitrogens is 2. The van der Waals surface area contributed by atoms with Crippen LogP contribution in [0.3, 0.4) is 0 Å². The summed E-state index contributed by atoms with van der Waals surface area (Å²) in [6.45, 7) is 0.